The van der Waals surface area contributed by atoms with E-state index in [1.165, 1.54) is 5.56 Å². The van der Waals surface area contributed by atoms with Gasteiger partial charge < -0.3 is 10.1 Å². The van der Waals surface area contributed by atoms with Crippen molar-refractivity contribution in [3.8, 4) is 5.75 Å². The molecule has 0 fully saturated rings. The average Bonchev–Trinajstić information content (AvgIpc) is 2.45. The quantitative estimate of drug-likeness (QED) is 0.864. The molecule has 2 nitrogen and oxygen atoms in total. The van der Waals surface area contributed by atoms with E-state index in [0.717, 1.165) is 28.9 Å². The first-order chi connectivity index (χ1) is 9.31. The maximum atomic E-state index is 5.93. The molecule has 0 saturated heterocycles. The summed E-state index contributed by atoms with van der Waals surface area (Å²) in [5.41, 5.74) is 2.34. The summed E-state index contributed by atoms with van der Waals surface area (Å²) in [7, 11) is 0. The lowest BCUT2D eigenvalue weighted by atomic mass is 10.2. The summed E-state index contributed by atoms with van der Waals surface area (Å²) in [6.45, 7) is 4.47. The first-order valence-corrected chi connectivity index (χ1v) is 7.25. The molecule has 0 spiro atoms. The Morgan fingerprint density at radius 3 is 2.42 bits per heavy atom. The topological polar surface area (TPSA) is 21.3 Å². The summed E-state index contributed by atoms with van der Waals surface area (Å²) in [6, 6.07) is 16.3. The normalized spacial score (nSPS) is 10.4. The van der Waals surface area contributed by atoms with Gasteiger partial charge in [0.1, 0.15) is 12.4 Å². The lowest BCUT2D eigenvalue weighted by Gasteiger charge is -2.12. The lowest BCUT2D eigenvalue weighted by molar-refractivity contribution is 0.301. The molecule has 0 aromatic heterocycles. The van der Waals surface area contributed by atoms with Crippen LogP contribution in [0.1, 0.15) is 18.1 Å². The SMILES string of the molecule is CCNCc1ccccc1OCc1ccccc1Br. The van der Waals surface area contributed by atoms with Crippen molar-refractivity contribution in [2.75, 3.05) is 6.54 Å². The van der Waals surface area contributed by atoms with Gasteiger partial charge >= 0.3 is 0 Å². The molecule has 19 heavy (non-hydrogen) atoms. The molecular formula is C16H18BrNO. The zero-order valence-electron chi connectivity index (χ0n) is 11.0. The van der Waals surface area contributed by atoms with E-state index >= 15 is 0 Å². The van der Waals surface area contributed by atoms with Crippen LogP contribution in [0.15, 0.2) is 53.0 Å². The second-order valence-electron chi connectivity index (χ2n) is 4.27. The molecule has 100 valence electrons. The van der Waals surface area contributed by atoms with E-state index in [1.807, 2.05) is 36.4 Å². The van der Waals surface area contributed by atoms with E-state index in [4.69, 9.17) is 4.74 Å². The third-order valence-electron chi connectivity index (χ3n) is 2.88. The smallest absolute Gasteiger partial charge is 0.124 e. The molecule has 1 N–H and O–H groups in total. The third kappa shape index (κ3) is 4.08. The Balaban J connectivity index is 2.05. The number of para-hydroxylation sites is 1. The Kier molecular flexibility index (Phi) is 5.43. The van der Waals surface area contributed by atoms with E-state index in [2.05, 4.69) is 40.3 Å². The van der Waals surface area contributed by atoms with Crippen LogP contribution >= 0.6 is 15.9 Å². The maximum Gasteiger partial charge on any atom is 0.124 e. The number of nitrogens with one attached hydrogen (secondary N) is 1. The highest BCUT2D eigenvalue weighted by Gasteiger charge is 2.04. The lowest BCUT2D eigenvalue weighted by Crippen LogP contribution is -2.12. The van der Waals surface area contributed by atoms with E-state index < -0.39 is 0 Å². The number of hydrogen-bond donors (Lipinski definition) is 1. The number of ether oxygens (including phenoxy) is 1. The fourth-order valence-electron chi connectivity index (χ4n) is 1.82. The molecule has 0 radical (unpaired) electrons. The summed E-state index contributed by atoms with van der Waals surface area (Å²) >= 11 is 3.54. The van der Waals surface area contributed by atoms with Gasteiger partial charge in [-0.25, -0.2) is 0 Å². The third-order valence-corrected chi connectivity index (χ3v) is 3.65. The van der Waals surface area contributed by atoms with Crippen LogP contribution in [0.3, 0.4) is 0 Å². The van der Waals surface area contributed by atoms with Crippen molar-refractivity contribution in [1.82, 2.24) is 5.32 Å². The van der Waals surface area contributed by atoms with Crippen molar-refractivity contribution in [2.45, 2.75) is 20.1 Å². The van der Waals surface area contributed by atoms with Gasteiger partial charge in [0.05, 0.1) is 0 Å². The summed E-state index contributed by atoms with van der Waals surface area (Å²) in [5.74, 6) is 0.944. The van der Waals surface area contributed by atoms with Gasteiger partial charge in [0.2, 0.25) is 0 Å². The summed E-state index contributed by atoms with van der Waals surface area (Å²) in [4.78, 5) is 0. The Bertz CT molecular complexity index is 528. The summed E-state index contributed by atoms with van der Waals surface area (Å²) < 4.78 is 7.01. The second-order valence-corrected chi connectivity index (χ2v) is 5.12. The Morgan fingerprint density at radius 2 is 1.68 bits per heavy atom. The maximum absolute atomic E-state index is 5.93. The van der Waals surface area contributed by atoms with Crippen LogP contribution in [-0.4, -0.2) is 6.54 Å². The predicted molar refractivity (Wildman–Crippen MR) is 82.3 cm³/mol. The molecule has 0 amide bonds. The predicted octanol–water partition coefficient (Wildman–Crippen LogP) is 4.14. The molecule has 2 aromatic carbocycles. The van der Waals surface area contributed by atoms with Crippen LogP contribution in [0.2, 0.25) is 0 Å². The largest absolute Gasteiger partial charge is 0.489 e. The Morgan fingerprint density at radius 1 is 1.00 bits per heavy atom. The molecule has 0 aliphatic carbocycles. The van der Waals surface area contributed by atoms with Crippen LogP contribution < -0.4 is 10.1 Å². The molecule has 2 rings (SSSR count). The molecule has 0 bridgehead atoms. The van der Waals surface area contributed by atoms with Crippen LogP contribution in [0.5, 0.6) is 5.75 Å². The van der Waals surface area contributed by atoms with Gasteiger partial charge in [-0.05, 0) is 18.7 Å². The van der Waals surface area contributed by atoms with Crippen molar-refractivity contribution >= 4 is 15.9 Å². The zero-order valence-corrected chi connectivity index (χ0v) is 12.6. The van der Waals surface area contributed by atoms with Crippen molar-refractivity contribution in [3.63, 3.8) is 0 Å². The molecule has 0 heterocycles. The van der Waals surface area contributed by atoms with Gasteiger partial charge in [-0.15, -0.1) is 0 Å². The fourth-order valence-corrected chi connectivity index (χ4v) is 2.22. The molecule has 3 heteroatoms. The average molecular weight is 320 g/mol. The molecule has 0 saturated carbocycles. The van der Waals surface area contributed by atoms with Crippen molar-refractivity contribution in [1.29, 1.82) is 0 Å². The van der Waals surface area contributed by atoms with E-state index in [0.29, 0.717) is 6.61 Å². The first kappa shape index (κ1) is 14.1. The summed E-state index contributed by atoms with van der Waals surface area (Å²) in [6.07, 6.45) is 0. The number of rotatable bonds is 6. The molecule has 2 aromatic rings. The van der Waals surface area contributed by atoms with Gasteiger partial charge in [-0.1, -0.05) is 59.3 Å². The van der Waals surface area contributed by atoms with Crippen molar-refractivity contribution in [3.05, 3.63) is 64.1 Å². The molecule has 0 aliphatic rings. The zero-order chi connectivity index (χ0) is 13.5. The first-order valence-electron chi connectivity index (χ1n) is 6.46. The Hall–Kier alpha value is -1.32. The van der Waals surface area contributed by atoms with E-state index in [9.17, 15) is 0 Å². The molecule has 0 atom stereocenters. The fraction of sp³-hybridized carbons (Fsp3) is 0.250. The minimum absolute atomic E-state index is 0.574. The van der Waals surface area contributed by atoms with Crippen LogP contribution in [0.4, 0.5) is 0 Å². The number of hydrogen-bond acceptors (Lipinski definition) is 2. The van der Waals surface area contributed by atoms with Gasteiger partial charge in [-0.3, -0.25) is 0 Å². The summed E-state index contributed by atoms with van der Waals surface area (Å²) in [5, 5.41) is 3.33. The van der Waals surface area contributed by atoms with Crippen molar-refractivity contribution in [2.24, 2.45) is 0 Å². The minimum Gasteiger partial charge on any atom is -0.489 e. The van der Waals surface area contributed by atoms with Crippen LogP contribution in [0, 0.1) is 0 Å². The van der Waals surface area contributed by atoms with Gasteiger partial charge in [0.25, 0.3) is 0 Å². The van der Waals surface area contributed by atoms with E-state index in [-0.39, 0.29) is 0 Å². The number of benzene rings is 2. The van der Waals surface area contributed by atoms with Gasteiger partial charge in [0, 0.05) is 22.1 Å². The van der Waals surface area contributed by atoms with Crippen molar-refractivity contribution < 1.29 is 4.74 Å². The second kappa shape index (κ2) is 7.31. The van der Waals surface area contributed by atoms with Gasteiger partial charge in [-0.2, -0.15) is 0 Å². The molecule has 0 aliphatic heterocycles. The monoisotopic (exact) mass is 319 g/mol. The van der Waals surface area contributed by atoms with Gasteiger partial charge in [0.15, 0.2) is 0 Å². The van der Waals surface area contributed by atoms with Crippen LogP contribution in [-0.2, 0) is 13.2 Å². The highest BCUT2D eigenvalue weighted by molar-refractivity contribution is 9.10. The Labute approximate surface area is 122 Å². The highest BCUT2D eigenvalue weighted by Crippen LogP contribution is 2.22. The highest BCUT2D eigenvalue weighted by atomic mass is 79.9. The van der Waals surface area contributed by atoms with E-state index in [1.54, 1.807) is 0 Å². The van der Waals surface area contributed by atoms with Crippen LogP contribution in [0.25, 0.3) is 0 Å². The molecular weight excluding hydrogens is 302 g/mol. The molecule has 0 unspecified atom stereocenters. The standard InChI is InChI=1S/C16H18BrNO/c1-2-18-11-13-7-4-6-10-16(13)19-12-14-8-3-5-9-15(14)17/h3-10,18H,2,11-12H2,1H3. The number of halogens is 1. The minimum atomic E-state index is 0.574.